The molecule has 0 bridgehead atoms. The van der Waals surface area contributed by atoms with Crippen LogP contribution >= 0.6 is 0 Å². The third-order valence-corrected chi connectivity index (χ3v) is 4.53. The van der Waals surface area contributed by atoms with Crippen molar-refractivity contribution in [2.45, 2.75) is 45.1 Å². The zero-order valence-corrected chi connectivity index (χ0v) is 16.2. The van der Waals surface area contributed by atoms with Gasteiger partial charge in [-0.15, -0.1) is 0 Å². The second-order valence-corrected chi connectivity index (χ2v) is 8.31. The van der Waals surface area contributed by atoms with E-state index in [0.717, 1.165) is 5.56 Å². The van der Waals surface area contributed by atoms with Crippen LogP contribution in [0, 0.1) is 13.8 Å². The van der Waals surface area contributed by atoms with E-state index in [9.17, 15) is 13.2 Å². The summed E-state index contributed by atoms with van der Waals surface area (Å²) in [4.78, 5) is 15.8. The van der Waals surface area contributed by atoms with E-state index in [-0.39, 0.29) is 16.6 Å². The summed E-state index contributed by atoms with van der Waals surface area (Å²) < 4.78 is 35.2. The molecule has 7 nitrogen and oxygen atoms in total. The van der Waals surface area contributed by atoms with E-state index < -0.39 is 21.8 Å². The van der Waals surface area contributed by atoms with E-state index in [1.54, 1.807) is 39.8 Å². The van der Waals surface area contributed by atoms with Crippen LogP contribution in [0.25, 0.3) is 0 Å². The van der Waals surface area contributed by atoms with Crippen molar-refractivity contribution < 1.29 is 22.1 Å². The molecule has 0 atom stereocenters. The number of rotatable bonds is 4. The highest BCUT2D eigenvalue weighted by atomic mass is 32.2. The number of ether oxygens (including phenoxy) is 1. The number of nitrogens with zero attached hydrogens (tertiary/aromatic N) is 1. The molecule has 2 aromatic rings. The normalized spacial score (nSPS) is 11.7. The van der Waals surface area contributed by atoms with Gasteiger partial charge in [0.2, 0.25) is 5.88 Å². The molecule has 26 heavy (non-hydrogen) atoms. The van der Waals surface area contributed by atoms with Gasteiger partial charge in [-0.3, -0.25) is 5.32 Å². The first-order valence-electron chi connectivity index (χ1n) is 7.95. The molecular formula is C18H22N2O5S. The molecule has 0 fully saturated rings. The molecule has 1 heterocycles. The first-order valence-corrected chi connectivity index (χ1v) is 9.36. The van der Waals surface area contributed by atoms with Gasteiger partial charge < -0.3 is 8.92 Å². The van der Waals surface area contributed by atoms with Gasteiger partial charge in [-0.2, -0.15) is 13.4 Å². The smallest absolute Gasteiger partial charge is 0.413 e. The largest absolute Gasteiger partial charge is 0.444 e. The van der Waals surface area contributed by atoms with Gasteiger partial charge in [0.25, 0.3) is 0 Å². The Balaban J connectivity index is 2.18. The van der Waals surface area contributed by atoms with Crippen LogP contribution in [-0.4, -0.2) is 25.1 Å². The summed E-state index contributed by atoms with van der Waals surface area (Å²) in [6, 6.07) is 9.35. The van der Waals surface area contributed by atoms with Gasteiger partial charge >= 0.3 is 16.2 Å². The lowest BCUT2D eigenvalue weighted by Crippen LogP contribution is -2.27. The number of carbonyl (C=O) groups excluding carboxylic acids is 1. The molecule has 0 unspecified atom stereocenters. The standard InChI is InChI=1S/C18H22N2O5S/c1-12-9-10-14(13(2)11-12)26(22,23)25-16-8-6-7-15(19-16)20-17(21)24-18(3,4)5/h6-11H,1-5H3,(H,19,20,21). The number of amides is 1. The molecule has 0 aliphatic heterocycles. The van der Waals surface area contributed by atoms with Gasteiger partial charge in [-0.05, 0) is 52.3 Å². The highest BCUT2D eigenvalue weighted by molar-refractivity contribution is 7.87. The topological polar surface area (TPSA) is 94.6 Å². The predicted octanol–water partition coefficient (Wildman–Crippen LogP) is 3.81. The maximum Gasteiger partial charge on any atom is 0.413 e. The van der Waals surface area contributed by atoms with E-state index in [0.29, 0.717) is 5.56 Å². The van der Waals surface area contributed by atoms with Crippen molar-refractivity contribution >= 4 is 22.0 Å². The fourth-order valence-electron chi connectivity index (χ4n) is 2.18. The lowest BCUT2D eigenvalue weighted by molar-refractivity contribution is 0.0635. The molecule has 1 aromatic carbocycles. The molecule has 140 valence electrons. The van der Waals surface area contributed by atoms with E-state index >= 15 is 0 Å². The summed E-state index contributed by atoms with van der Waals surface area (Å²) in [6.07, 6.45) is -0.695. The van der Waals surface area contributed by atoms with Crippen LogP contribution < -0.4 is 9.50 Å². The first kappa shape index (κ1) is 19.7. The zero-order valence-electron chi connectivity index (χ0n) is 15.4. The van der Waals surface area contributed by atoms with Crippen LogP contribution in [0.2, 0.25) is 0 Å². The maximum absolute atomic E-state index is 12.5. The Hall–Kier alpha value is -2.61. The Morgan fingerprint density at radius 1 is 1.12 bits per heavy atom. The van der Waals surface area contributed by atoms with Gasteiger partial charge in [0, 0.05) is 6.07 Å². The molecular weight excluding hydrogens is 356 g/mol. The van der Waals surface area contributed by atoms with E-state index in [4.69, 9.17) is 8.92 Å². The average molecular weight is 378 g/mol. The third kappa shape index (κ3) is 5.45. The third-order valence-electron chi connectivity index (χ3n) is 3.15. The summed E-state index contributed by atoms with van der Waals surface area (Å²) in [5.74, 6) is -0.0360. The minimum atomic E-state index is -4.04. The van der Waals surface area contributed by atoms with Crippen molar-refractivity contribution in [2.24, 2.45) is 0 Å². The van der Waals surface area contributed by atoms with Crippen molar-refractivity contribution in [1.29, 1.82) is 0 Å². The predicted molar refractivity (Wildman–Crippen MR) is 97.8 cm³/mol. The maximum atomic E-state index is 12.5. The van der Waals surface area contributed by atoms with Crippen LogP contribution in [0.15, 0.2) is 41.3 Å². The summed E-state index contributed by atoms with van der Waals surface area (Å²) in [6.45, 7) is 8.76. The summed E-state index contributed by atoms with van der Waals surface area (Å²) >= 11 is 0. The Labute approximate surface area is 153 Å². The van der Waals surface area contributed by atoms with Crippen molar-refractivity contribution in [3.05, 3.63) is 47.5 Å². The zero-order chi connectivity index (χ0) is 19.5. The number of anilines is 1. The van der Waals surface area contributed by atoms with Gasteiger partial charge in [0.05, 0.1) is 0 Å². The fourth-order valence-corrected chi connectivity index (χ4v) is 3.27. The van der Waals surface area contributed by atoms with Crippen LogP contribution in [0.1, 0.15) is 31.9 Å². The van der Waals surface area contributed by atoms with Crippen LogP contribution in [-0.2, 0) is 14.9 Å². The number of hydrogen-bond acceptors (Lipinski definition) is 6. The quantitative estimate of drug-likeness (QED) is 0.813. The van der Waals surface area contributed by atoms with E-state index in [1.807, 2.05) is 6.92 Å². The highest BCUT2D eigenvalue weighted by Crippen LogP contribution is 2.22. The molecule has 1 amide bonds. The molecule has 0 spiro atoms. The van der Waals surface area contributed by atoms with Gasteiger partial charge in [0.1, 0.15) is 16.3 Å². The number of carbonyl (C=O) groups is 1. The second-order valence-electron chi connectivity index (χ2n) is 6.79. The molecule has 0 aliphatic carbocycles. The number of benzene rings is 1. The monoisotopic (exact) mass is 378 g/mol. The van der Waals surface area contributed by atoms with Gasteiger partial charge in [-0.1, -0.05) is 23.8 Å². The Kier molecular flexibility index (Phi) is 5.56. The van der Waals surface area contributed by atoms with Crippen LogP contribution in [0.4, 0.5) is 10.6 Å². The lowest BCUT2D eigenvalue weighted by atomic mass is 10.2. The molecule has 0 radical (unpaired) electrons. The van der Waals surface area contributed by atoms with Gasteiger partial charge in [-0.25, -0.2) is 4.79 Å². The van der Waals surface area contributed by atoms with Crippen LogP contribution in [0.5, 0.6) is 5.88 Å². The molecule has 1 aromatic heterocycles. The second kappa shape index (κ2) is 7.33. The van der Waals surface area contributed by atoms with Crippen molar-refractivity contribution in [2.75, 3.05) is 5.32 Å². The molecule has 1 N–H and O–H groups in total. The van der Waals surface area contributed by atoms with Crippen molar-refractivity contribution in [3.8, 4) is 5.88 Å². The lowest BCUT2D eigenvalue weighted by Gasteiger charge is -2.19. The highest BCUT2D eigenvalue weighted by Gasteiger charge is 2.21. The fraction of sp³-hybridized carbons (Fsp3) is 0.333. The Morgan fingerprint density at radius 3 is 2.42 bits per heavy atom. The van der Waals surface area contributed by atoms with E-state index in [1.165, 1.54) is 24.3 Å². The Morgan fingerprint density at radius 2 is 1.81 bits per heavy atom. The number of aromatic nitrogens is 1. The number of hydrogen-bond donors (Lipinski definition) is 1. The summed E-state index contributed by atoms with van der Waals surface area (Å²) in [5, 5.41) is 2.44. The van der Waals surface area contributed by atoms with Crippen molar-refractivity contribution in [1.82, 2.24) is 4.98 Å². The molecule has 0 aliphatic rings. The first-order chi connectivity index (χ1) is 12.0. The average Bonchev–Trinajstić information content (AvgIpc) is 2.44. The number of nitrogens with one attached hydrogen (secondary N) is 1. The molecule has 0 saturated carbocycles. The minimum absolute atomic E-state index is 0.0652. The summed E-state index contributed by atoms with van der Waals surface area (Å²) in [5.41, 5.74) is 0.862. The SMILES string of the molecule is Cc1ccc(S(=O)(=O)Oc2cccc(NC(=O)OC(C)(C)C)n2)c(C)c1. The number of aryl methyl sites for hydroxylation is 2. The summed E-state index contributed by atoms with van der Waals surface area (Å²) in [7, 11) is -4.04. The van der Waals surface area contributed by atoms with Crippen molar-refractivity contribution in [3.63, 3.8) is 0 Å². The number of pyridine rings is 1. The van der Waals surface area contributed by atoms with Gasteiger partial charge in [0.15, 0.2) is 0 Å². The van der Waals surface area contributed by atoms with Crippen LogP contribution in [0.3, 0.4) is 0 Å². The molecule has 0 saturated heterocycles. The molecule has 2 rings (SSSR count). The minimum Gasteiger partial charge on any atom is -0.444 e. The van der Waals surface area contributed by atoms with E-state index in [2.05, 4.69) is 10.3 Å². The Bertz CT molecular complexity index is 917. The molecule has 8 heteroatoms.